The molecule has 0 radical (unpaired) electrons. The van der Waals surface area contributed by atoms with Crippen molar-refractivity contribution in [2.45, 2.75) is 6.42 Å². The lowest BCUT2D eigenvalue weighted by atomic mass is 10.4. The number of esters is 1. The van der Waals surface area contributed by atoms with Crippen molar-refractivity contribution >= 4 is 11.8 Å². The summed E-state index contributed by atoms with van der Waals surface area (Å²) in [6.07, 6.45) is 4.21. The van der Waals surface area contributed by atoms with Gasteiger partial charge in [-0.1, -0.05) is 0 Å². The van der Waals surface area contributed by atoms with Crippen molar-refractivity contribution in [2.24, 2.45) is 0 Å². The van der Waals surface area contributed by atoms with Crippen LogP contribution >= 0.6 is 0 Å². The highest BCUT2D eigenvalue weighted by Gasteiger charge is 2.15. The number of carbonyl (C=O) groups is 1. The first kappa shape index (κ1) is 12.8. The molecule has 1 saturated heterocycles. The molecule has 1 aromatic heterocycles. The van der Waals surface area contributed by atoms with Gasteiger partial charge in [0.15, 0.2) is 5.69 Å². The van der Waals surface area contributed by atoms with E-state index in [9.17, 15) is 4.79 Å². The lowest BCUT2D eigenvalue weighted by Crippen LogP contribution is -2.29. The second kappa shape index (κ2) is 5.77. The van der Waals surface area contributed by atoms with Gasteiger partial charge in [-0.05, 0) is 20.0 Å². The molecular formula is C12H18N4O2. The minimum Gasteiger partial charge on any atom is -0.464 e. The highest BCUT2D eigenvalue weighted by atomic mass is 16.5. The summed E-state index contributed by atoms with van der Waals surface area (Å²) in [6, 6.07) is 0. The van der Waals surface area contributed by atoms with Crippen LogP contribution in [0.25, 0.3) is 0 Å². The SMILES string of the molecule is COC(=O)c1cnc(N2CCCN(C)CC2)cn1. The normalized spacial score (nSPS) is 17.3. The quantitative estimate of drug-likeness (QED) is 0.708. The van der Waals surface area contributed by atoms with Gasteiger partial charge in [0.05, 0.1) is 19.5 Å². The van der Waals surface area contributed by atoms with Gasteiger partial charge in [-0.3, -0.25) is 0 Å². The maximum Gasteiger partial charge on any atom is 0.358 e. The molecule has 1 aliphatic rings. The summed E-state index contributed by atoms with van der Waals surface area (Å²) in [6.45, 7) is 4.02. The number of likely N-dealkylation sites (N-methyl/N-ethyl adjacent to an activating group) is 1. The van der Waals surface area contributed by atoms with Crippen molar-refractivity contribution in [2.75, 3.05) is 45.2 Å². The highest BCUT2D eigenvalue weighted by Crippen LogP contribution is 2.12. The largest absolute Gasteiger partial charge is 0.464 e. The zero-order valence-electron chi connectivity index (χ0n) is 10.8. The van der Waals surface area contributed by atoms with Crippen molar-refractivity contribution in [3.8, 4) is 0 Å². The summed E-state index contributed by atoms with van der Waals surface area (Å²) in [4.78, 5) is 24.1. The summed E-state index contributed by atoms with van der Waals surface area (Å²) >= 11 is 0. The number of anilines is 1. The second-order valence-electron chi connectivity index (χ2n) is 4.40. The molecule has 0 bridgehead atoms. The third-order valence-electron chi connectivity index (χ3n) is 3.08. The Balaban J connectivity index is 2.06. The number of rotatable bonds is 2. The van der Waals surface area contributed by atoms with E-state index >= 15 is 0 Å². The lowest BCUT2D eigenvalue weighted by Gasteiger charge is -2.21. The van der Waals surface area contributed by atoms with E-state index in [1.54, 1.807) is 6.20 Å². The Bertz CT molecular complexity index is 407. The van der Waals surface area contributed by atoms with E-state index in [1.165, 1.54) is 13.3 Å². The van der Waals surface area contributed by atoms with Gasteiger partial charge in [-0.2, -0.15) is 0 Å². The minimum atomic E-state index is -0.454. The van der Waals surface area contributed by atoms with Crippen molar-refractivity contribution in [1.29, 1.82) is 0 Å². The molecule has 1 fully saturated rings. The number of hydrogen-bond acceptors (Lipinski definition) is 6. The average molecular weight is 250 g/mol. The molecule has 6 nitrogen and oxygen atoms in total. The van der Waals surface area contributed by atoms with Crippen LogP contribution < -0.4 is 4.90 Å². The third kappa shape index (κ3) is 2.95. The summed E-state index contributed by atoms with van der Waals surface area (Å²) in [7, 11) is 3.46. The Kier molecular flexibility index (Phi) is 4.09. The standard InChI is InChI=1S/C12H18N4O2/c1-15-4-3-5-16(7-6-15)11-9-13-10(8-14-11)12(17)18-2/h8-9H,3-7H2,1-2H3. The lowest BCUT2D eigenvalue weighted by molar-refractivity contribution is 0.0593. The van der Waals surface area contributed by atoms with Gasteiger partial charge in [0.1, 0.15) is 5.82 Å². The summed E-state index contributed by atoms with van der Waals surface area (Å²) in [5, 5.41) is 0. The Hall–Kier alpha value is -1.69. The van der Waals surface area contributed by atoms with E-state index in [4.69, 9.17) is 0 Å². The first-order valence-electron chi connectivity index (χ1n) is 6.04. The molecule has 2 heterocycles. The van der Waals surface area contributed by atoms with Crippen LogP contribution in [0, 0.1) is 0 Å². The van der Waals surface area contributed by atoms with Gasteiger partial charge < -0.3 is 14.5 Å². The molecule has 98 valence electrons. The maximum absolute atomic E-state index is 11.3. The minimum absolute atomic E-state index is 0.244. The van der Waals surface area contributed by atoms with Crippen LogP contribution in [-0.4, -0.2) is 61.2 Å². The molecule has 0 aromatic carbocycles. The molecule has 0 saturated carbocycles. The van der Waals surface area contributed by atoms with Crippen molar-refractivity contribution in [3.63, 3.8) is 0 Å². The number of ether oxygens (including phenoxy) is 1. The van der Waals surface area contributed by atoms with E-state index < -0.39 is 5.97 Å². The third-order valence-corrected chi connectivity index (χ3v) is 3.08. The molecule has 18 heavy (non-hydrogen) atoms. The molecule has 1 aliphatic heterocycles. The van der Waals surface area contributed by atoms with Gasteiger partial charge in [0.25, 0.3) is 0 Å². The Morgan fingerprint density at radius 3 is 2.72 bits per heavy atom. The highest BCUT2D eigenvalue weighted by molar-refractivity contribution is 5.86. The second-order valence-corrected chi connectivity index (χ2v) is 4.40. The number of aromatic nitrogens is 2. The predicted molar refractivity (Wildman–Crippen MR) is 67.7 cm³/mol. The topological polar surface area (TPSA) is 58.6 Å². The van der Waals surface area contributed by atoms with Crippen LogP contribution in [0.1, 0.15) is 16.9 Å². The van der Waals surface area contributed by atoms with Crippen LogP contribution in [0.4, 0.5) is 5.82 Å². The fraction of sp³-hybridized carbons (Fsp3) is 0.583. The van der Waals surface area contributed by atoms with Crippen LogP contribution in [0.2, 0.25) is 0 Å². The first-order chi connectivity index (χ1) is 8.70. The van der Waals surface area contributed by atoms with Crippen LogP contribution in [0.5, 0.6) is 0 Å². The fourth-order valence-electron chi connectivity index (χ4n) is 1.97. The molecule has 0 unspecified atom stereocenters. The summed E-state index contributed by atoms with van der Waals surface area (Å²) < 4.78 is 4.59. The van der Waals surface area contributed by atoms with Gasteiger partial charge in [-0.25, -0.2) is 14.8 Å². The van der Waals surface area contributed by atoms with Crippen LogP contribution in [0.3, 0.4) is 0 Å². The molecule has 2 rings (SSSR count). The summed E-state index contributed by atoms with van der Waals surface area (Å²) in [5.74, 6) is 0.364. The first-order valence-corrected chi connectivity index (χ1v) is 6.04. The Labute approximate surface area is 107 Å². The van der Waals surface area contributed by atoms with Gasteiger partial charge >= 0.3 is 5.97 Å². The molecule has 0 aliphatic carbocycles. The Morgan fingerprint density at radius 2 is 2.06 bits per heavy atom. The zero-order valence-corrected chi connectivity index (χ0v) is 10.8. The monoisotopic (exact) mass is 250 g/mol. The van der Waals surface area contributed by atoms with E-state index in [0.717, 1.165) is 38.4 Å². The molecule has 6 heteroatoms. The average Bonchev–Trinajstić information content (AvgIpc) is 2.63. The Morgan fingerprint density at radius 1 is 1.22 bits per heavy atom. The van der Waals surface area contributed by atoms with E-state index in [1.807, 2.05) is 0 Å². The van der Waals surface area contributed by atoms with Gasteiger partial charge in [-0.15, -0.1) is 0 Å². The van der Waals surface area contributed by atoms with Gasteiger partial charge in [0, 0.05) is 19.6 Å². The molecule has 0 N–H and O–H groups in total. The fourth-order valence-corrected chi connectivity index (χ4v) is 1.97. The van der Waals surface area contributed by atoms with E-state index in [0.29, 0.717) is 0 Å². The van der Waals surface area contributed by atoms with E-state index in [2.05, 4.69) is 31.6 Å². The molecule has 0 spiro atoms. The number of nitrogens with zero attached hydrogens (tertiary/aromatic N) is 4. The summed E-state index contributed by atoms with van der Waals surface area (Å²) in [5.41, 5.74) is 0.244. The smallest absolute Gasteiger partial charge is 0.358 e. The van der Waals surface area contributed by atoms with Crippen molar-refractivity contribution in [1.82, 2.24) is 14.9 Å². The van der Waals surface area contributed by atoms with Crippen molar-refractivity contribution in [3.05, 3.63) is 18.1 Å². The molecule has 0 atom stereocenters. The molecule has 1 aromatic rings. The molecular weight excluding hydrogens is 232 g/mol. The molecule has 0 amide bonds. The zero-order chi connectivity index (χ0) is 13.0. The van der Waals surface area contributed by atoms with Crippen LogP contribution in [0.15, 0.2) is 12.4 Å². The number of methoxy groups -OCH3 is 1. The van der Waals surface area contributed by atoms with Crippen molar-refractivity contribution < 1.29 is 9.53 Å². The predicted octanol–water partition coefficient (Wildman–Crippen LogP) is 0.405. The van der Waals surface area contributed by atoms with Gasteiger partial charge in [0.2, 0.25) is 0 Å². The number of hydrogen-bond donors (Lipinski definition) is 0. The van der Waals surface area contributed by atoms with Crippen LogP contribution in [-0.2, 0) is 4.74 Å². The number of carbonyl (C=O) groups excluding carboxylic acids is 1. The maximum atomic E-state index is 11.3. The van der Waals surface area contributed by atoms with E-state index in [-0.39, 0.29) is 5.69 Å².